The second-order valence-corrected chi connectivity index (χ2v) is 6.62. The van der Waals surface area contributed by atoms with Gasteiger partial charge in [0.25, 0.3) is 0 Å². The van der Waals surface area contributed by atoms with Gasteiger partial charge in [0.2, 0.25) is 5.95 Å². The Kier molecular flexibility index (Phi) is 4.66. The molecule has 2 aliphatic heterocycles. The van der Waals surface area contributed by atoms with Crippen LogP contribution in [0.2, 0.25) is 0 Å². The highest BCUT2D eigenvalue weighted by atomic mass is 16.5. The smallest absolute Gasteiger partial charge is 0.319 e. The Hall–Kier alpha value is -1.89. The van der Waals surface area contributed by atoms with Crippen LogP contribution in [0.1, 0.15) is 25.7 Å². The third-order valence-electron chi connectivity index (χ3n) is 4.60. The van der Waals surface area contributed by atoms with E-state index in [1.54, 1.807) is 37.5 Å². The predicted molar refractivity (Wildman–Crippen MR) is 87.2 cm³/mol. The van der Waals surface area contributed by atoms with Gasteiger partial charge < -0.3 is 19.9 Å². The van der Waals surface area contributed by atoms with E-state index in [9.17, 15) is 4.79 Å². The summed E-state index contributed by atoms with van der Waals surface area (Å²) in [6, 6.07) is 1.87. The van der Waals surface area contributed by atoms with Gasteiger partial charge in [0.15, 0.2) is 0 Å². The number of anilines is 1. The van der Waals surface area contributed by atoms with Crippen LogP contribution in [0.5, 0.6) is 0 Å². The minimum atomic E-state index is -0.173. The molecule has 0 unspecified atom stereocenters. The molecule has 2 aliphatic rings. The molecule has 23 heavy (non-hydrogen) atoms. The highest BCUT2D eigenvalue weighted by molar-refractivity contribution is 5.74. The average molecular weight is 319 g/mol. The molecule has 2 saturated heterocycles. The van der Waals surface area contributed by atoms with Gasteiger partial charge in [-0.3, -0.25) is 0 Å². The largest absolute Gasteiger partial charge is 0.368 e. The molecule has 2 fully saturated rings. The maximum atomic E-state index is 12.1. The summed E-state index contributed by atoms with van der Waals surface area (Å²) in [7, 11) is 3.59. The Labute approximate surface area is 137 Å². The lowest BCUT2D eigenvalue weighted by Crippen LogP contribution is -2.47. The Morgan fingerprint density at radius 3 is 2.96 bits per heavy atom. The molecular formula is C16H25N5O2. The molecule has 2 atom stereocenters. The van der Waals surface area contributed by atoms with E-state index in [1.807, 2.05) is 4.90 Å². The van der Waals surface area contributed by atoms with Crippen molar-refractivity contribution < 1.29 is 9.53 Å². The van der Waals surface area contributed by atoms with Gasteiger partial charge >= 0.3 is 6.03 Å². The van der Waals surface area contributed by atoms with Gasteiger partial charge in [-0.05, 0) is 31.7 Å². The number of likely N-dealkylation sites (tertiary alicyclic amines) is 1. The molecule has 1 spiro atoms. The molecular weight excluding hydrogens is 294 g/mol. The third-order valence-corrected chi connectivity index (χ3v) is 4.60. The number of nitrogens with zero attached hydrogens (tertiary/aromatic N) is 4. The minimum absolute atomic E-state index is 0.0726. The molecule has 3 rings (SSSR count). The lowest BCUT2D eigenvalue weighted by molar-refractivity contribution is -0.114. The molecule has 0 saturated carbocycles. The van der Waals surface area contributed by atoms with Gasteiger partial charge in [0.1, 0.15) is 0 Å². The normalized spacial score (nSPS) is 27.2. The van der Waals surface area contributed by atoms with Gasteiger partial charge in [0.05, 0.1) is 18.2 Å². The van der Waals surface area contributed by atoms with Crippen molar-refractivity contribution in [3.63, 3.8) is 0 Å². The van der Waals surface area contributed by atoms with Crippen LogP contribution in [0, 0.1) is 0 Å². The van der Waals surface area contributed by atoms with Gasteiger partial charge in [-0.2, -0.15) is 0 Å². The molecule has 126 valence electrons. The van der Waals surface area contributed by atoms with Crippen LogP contribution < -0.4 is 5.32 Å². The maximum absolute atomic E-state index is 12.1. The quantitative estimate of drug-likeness (QED) is 0.916. The van der Waals surface area contributed by atoms with E-state index in [2.05, 4.69) is 15.3 Å². The summed E-state index contributed by atoms with van der Waals surface area (Å²) in [5.74, 6) is 0.631. The second-order valence-electron chi connectivity index (χ2n) is 6.62. The first kappa shape index (κ1) is 16.0. The Balaban J connectivity index is 1.55. The fraction of sp³-hybridized carbons (Fsp3) is 0.688. The molecule has 0 radical (unpaired) electrons. The van der Waals surface area contributed by atoms with Crippen LogP contribution in [0.3, 0.4) is 0 Å². The lowest BCUT2D eigenvalue weighted by atomic mass is 9.90. The number of amides is 2. The zero-order chi connectivity index (χ0) is 16.3. The van der Waals surface area contributed by atoms with E-state index in [4.69, 9.17) is 4.74 Å². The van der Waals surface area contributed by atoms with Crippen LogP contribution in [0.15, 0.2) is 18.5 Å². The summed E-state index contributed by atoms with van der Waals surface area (Å²) in [5.41, 5.74) is -0.173. The summed E-state index contributed by atoms with van der Waals surface area (Å²) in [6.07, 6.45) is 7.70. The summed E-state index contributed by atoms with van der Waals surface area (Å²) in [6.45, 7) is 2.18. The molecule has 0 aliphatic carbocycles. The highest BCUT2D eigenvalue weighted by Crippen LogP contribution is 2.36. The van der Waals surface area contributed by atoms with E-state index in [0.717, 1.165) is 32.2 Å². The SMILES string of the molecule is CN(C)C(=O)N1CC[C@@]2(CCC[C@@H](CNc3ncccn3)O2)C1. The van der Waals surface area contributed by atoms with Crippen LogP contribution >= 0.6 is 0 Å². The molecule has 3 heterocycles. The van der Waals surface area contributed by atoms with Crippen LogP contribution in [0.25, 0.3) is 0 Å². The second kappa shape index (κ2) is 6.70. The number of carbonyl (C=O) groups is 1. The van der Waals surface area contributed by atoms with Crippen molar-refractivity contribution in [3.8, 4) is 0 Å². The van der Waals surface area contributed by atoms with Gasteiger partial charge in [-0.25, -0.2) is 14.8 Å². The van der Waals surface area contributed by atoms with Crippen molar-refractivity contribution in [1.82, 2.24) is 19.8 Å². The molecule has 2 amide bonds. The van der Waals surface area contributed by atoms with Crippen molar-refractivity contribution in [2.75, 3.05) is 39.0 Å². The van der Waals surface area contributed by atoms with Gasteiger partial charge in [0, 0.05) is 39.6 Å². The van der Waals surface area contributed by atoms with E-state index in [0.29, 0.717) is 19.0 Å². The molecule has 0 aromatic carbocycles. The number of hydrogen-bond donors (Lipinski definition) is 1. The standard InChI is InChI=1S/C16H25N5O2/c1-20(2)15(22)21-10-7-16(12-21)6-3-5-13(23-16)11-19-14-17-8-4-9-18-14/h4,8-9,13H,3,5-7,10-12H2,1-2H3,(H,17,18,19)/t13-,16-/m0/s1. The fourth-order valence-electron chi connectivity index (χ4n) is 3.45. The minimum Gasteiger partial charge on any atom is -0.368 e. The molecule has 0 bridgehead atoms. The predicted octanol–water partition coefficient (Wildman–Crippen LogP) is 1.58. The Morgan fingerprint density at radius 2 is 2.22 bits per heavy atom. The zero-order valence-corrected chi connectivity index (χ0v) is 13.9. The maximum Gasteiger partial charge on any atom is 0.319 e. The Morgan fingerprint density at radius 1 is 1.43 bits per heavy atom. The first-order valence-corrected chi connectivity index (χ1v) is 8.23. The van der Waals surface area contributed by atoms with E-state index < -0.39 is 0 Å². The lowest BCUT2D eigenvalue weighted by Gasteiger charge is -2.38. The summed E-state index contributed by atoms with van der Waals surface area (Å²) < 4.78 is 6.39. The van der Waals surface area contributed by atoms with Crippen LogP contribution in [-0.4, -0.2) is 71.2 Å². The number of urea groups is 1. The van der Waals surface area contributed by atoms with Crippen molar-refractivity contribution in [2.24, 2.45) is 0 Å². The monoisotopic (exact) mass is 319 g/mol. The first-order valence-electron chi connectivity index (χ1n) is 8.23. The first-order chi connectivity index (χ1) is 11.1. The number of rotatable bonds is 3. The molecule has 7 heteroatoms. The topological polar surface area (TPSA) is 70.6 Å². The zero-order valence-electron chi connectivity index (χ0n) is 13.9. The highest BCUT2D eigenvalue weighted by Gasteiger charge is 2.44. The molecule has 7 nitrogen and oxygen atoms in total. The van der Waals surface area contributed by atoms with Gasteiger partial charge in [-0.15, -0.1) is 0 Å². The summed E-state index contributed by atoms with van der Waals surface area (Å²) in [5, 5.41) is 3.24. The van der Waals surface area contributed by atoms with E-state index in [1.165, 1.54) is 0 Å². The molecule has 1 aromatic rings. The third kappa shape index (κ3) is 3.72. The van der Waals surface area contributed by atoms with Crippen molar-refractivity contribution in [2.45, 2.75) is 37.4 Å². The number of ether oxygens (including phenoxy) is 1. The average Bonchev–Trinajstić information content (AvgIpc) is 2.96. The number of hydrogen-bond acceptors (Lipinski definition) is 5. The van der Waals surface area contributed by atoms with Crippen LogP contribution in [-0.2, 0) is 4.74 Å². The number of aromatic nitrogens is 2. The van der Waals surface area contributed by atoms with Crippen LogP contribution in [0.4, 0.5) is 10.7 Å². The summed E-state index contributed by atoms with van der Waals surface area (Å²) >= 11 is 0. The number of carbonyl (C=O) groups excluding carboxylic acids is 1. The van der Waals surface area contributed by atoms with E-state index in [-0.39, 0.29) is 17.7 Å². The van der Waals surface area contributed by atoms with Crippen molar-refractivity contribution in [3.05, 3.63) is 18.5 Å². The van der Waals surface area contributed by atoms with E-state index >= 15 is 0 Å². The molecule has 1 N–H and O–H groups in total. The fourth-order valence-corrected chi connectivity index (χ4v) is 3.45. The summed E-state index contributed by atoms with van der Waals surface area (Å²) in [4.78, 5) is 24.0. The van der Waals surface area contributed by atoms with Gasteiger partial charge in [-0.1, -0.05) is 0 Å². The molecule has 1 aromatic heterocycles. The Bertz CT molecular complexity index is 539. The number of nitrogens with one attached hydrogen (secondary N) is 1. The van der Waals surface area contributed by atoms with Crippen molar-refractivity contribution >= 4 is 12.0 Å². The van der Waals surface area contributed by atoms with Crippen molar-refractivity contribution in [1.29, 1.82) is 0 Å².